The summed E-state index contributed by atoms with van der Waals surface area (Å²) in [6.45, 7) is 7.03. The van der Waals surface area contributed by atoms with Crippen LogP contribution in [0.4, 0.5) is 47.3 Å². The van der Waals surface area contributed by atoms with Crippen molar-refractivity contribution in [1.29, 1.82) is 0 Å². The smallest absolute Gasteiger partial charge is 0.324 e. The highest BCUT2D eigenvalue weighted by Crippen LogP contribution is 2.31. The van der Waals surface area contributed by atoms with Crippen molar-refractivity contribution in [2.45, 2.75) is 91.4 Å². The SMILES string of the molecule is CCn1ncc2ccc(N(Cc3ccc(-c4nnc(C(F)F)o4)cc3F)C(=O)N3CCCCC3)cc21.CCn1ncc2ccc(N(Cc3ccc(C(=O)CNC(=O)C(F)F)cc3F)C(=O)N3CCCCC3)cc21. The highest BCUT2D eigenvalue weighted by molar-refractivity contribution is 6.00. The van der Waals surface area contributed by atoms with Crippen LogP contribution in [-0.2, 0) is 31.0 Å². The Bertz CT molecular complexity index is 3090. The number of amides is 5. The maximum atomic E-state index is 15.2. The molecule has 2 fully saturated rings. The van der Waals surface area contributed by atoms with Crippen LogP contribution >= 0.6 is 0 Å². The first-order chi connectivity index (χ1) is 35.2. The predicted octanol–water partition coefficient (Wildman–Crippen LogP) is 10.2. The number of benzene rings is 4. The molecule has 73 heavy (non-hydrogen) atoms. The Balaban J connectivity index is 0.000000195. The van der Waals surface area contributed by atoms with E-state index >= 15 is 8.78 Å². The molecule has 4 aromatic carbocycles. The van der Waals surface area contributed by atoms with Gasteiger partial charge in [-0.3, -0.25) is 28.8 Å². The van der Waals surface area contributed by atoms with Crippen LogP contribution in [0.25, 0.3) is 33.3 Å². The number of likely N-dealkylation sites (tertiary alicyclic amines) is 2. The molecular formula is C51H53F6N11O5. The van der Waals surface area contributed by atoms with Crippen LogP contribution in [0, 0.1) is 11.6 Å². The van der Waals surface area contributed by atoms with Gasteiger partial charge in [-0.05, 0) is 107 Å². The summed E-state index contributed by atoms with van der Waals surface area (Å²) < 4.78 is 89.2. The number of fused-ring (bicyclic) bond motifs is 2. The number of rotatable bonds is 14. The van der Waals surface area contributed by atoms with Crippen molar-refractivity contribution in [2.24, 2.45) is 0 Å². The van der Waals surface area contributed by atoms with Crippen molar-refractivity contribution < 1.29 is 49.9 Å². The molecule has 0 saturated carbocycles. The highest BCUT2D eigenvalue weighted by Gasteiger charge is 2.28. The van der Waals surface area contributed by atoms with Gasteiger partial charge in [0.1, 0.15) is 11.6 Å². The summed E-state index contributed by atoms with van der Waals surface area (Å²) in [6.07, 6.45) is 3.13. The molecule has 0 aliphatic carbocycles. The minimum atomic E-state index is -3.24. The molecule has 16 nitrogen and oxygen atoms in total. The fourth-order valence-corrected chi connectivity index (χ4v) is 8.79. The van der Waals surface area contributed by atoms with Crippen molar-refractivity contribution in [3.8, 4) is 11.5 Å². The summed E-state index contributed by atoms with van der Waals surface area (Å²) in [6, 6.07) is 18.6. The summed E-state index contributed by atoms with van der Waals surface area (Å²) in [5.74, 6) is -4.63. The second-order valence-corrected chi connectivity index (χ2v) is 17.5. The molecule has 9 rings (SSSR count). The first kappa shape index (κ1) is 51.6. The lowest BCUT2D eigenvalue weighted by atomic mass is 10.1. The van der Waals surface area contributed by atoms with Gasteiger partial charge in [0.2, 0.25) is 5.89 Å². The summed E-state index contributed by atoms with van der Waals surface area (Å²) in [7, 11) is 0. The summed E-state index contributed by atoms with van der Waals surface area (Å²) >= 11 is 0. The minimum absolute atomic E-state index is 0.0146. The van der Waals surface area contributed by atoms with Crippen LogP contribution in [0.2, 0.25) is 0 Å². The first-order valence-electron chi connectivity index (χ1n) is 24.0. The van der Waals surface area contributed by atoms with Crippen LogP contribution in [0.15, 0.2) is 89.6 Å². The number of carbonyl (C=O) groups excluding carboxylic acids is 4. The van der Waals surface area contributed by atoms with Gasteiger partial charge in [0.05, 0.1) is 43.1 Å². The number of carbonyl (C=O) groups is 4. The van der Waals surface area contributed by atoms with E-state index < -0.39 is 48.6 Å². The molecular weight excluding hydrogens is 961 g/mol. The van der Waals surface area contributed by atoms with Crippen LogP contribution < -0.4 is 15.1 Å². The van der Waals surface area contributed by atoms with E-state index in [2.05, 4.69) is 20.4 Å². The number of nitrogens with one attached hydrogen (secondary N) is 1. The van der Waals surface area contributed by atoms with Gasteiger partial charge in [0.15, 0.2) is 5.78 Å². The van der Waals surface area contributed by atoms with Crippen molar-refractivity contribution in [2.75, 3.05) is 42.5 Å². The molecule has 2 aliphatic heterocycles. The number of hydrogen-bond acceptors (Lipinski definition) is 9. The van der Waals surface area contributed by atoms with E-state index in [0.717, 1.165) is 72.5 Å². The minimum Gasteiger partial charge on any atom is -0.415 e. The number of ketones is 1. The predicted molar refractivity (Wildman–Crippen MR) is 259 cm³/mol. The average molecular weight is 1010 g/mol. The van der Waals surface area contributed by atoms with E-state index in [1.165, 1.54) is 29.2 Å². The zero-order valence-electron chi connectivity index (χ0n) is 40.1. The van der Waals surface area contributed by atoms with Crippen molar-refractivity contribution in [3.63, 3.8) is 0 Å². The number of urea groups is 2. The molecule has 0 radical (unpaired) electrons. The number of hydrogen-bond donors (Lipinski definition) is 1. The topological polar surface area (TPSA) is 168 Å². The number of anilines is 2. The standard InChI is InChI=1S/C26H28F3N5O3.C25H25F3N6O2/c1-2-34-22-13-20(9-8-18(22)14-31-34)33(26(37)32-10-4-3-5-11-32)16-19-7-6-17(12-21(19)27)23(35)15-30-25(36)24(28)29;1-2-34-21-13-19(9-8-17(21)14-29-34)33(25(35)32-10-4-3-5-11-32)15-18-7-6-16(12-20(18)26)23-30-31-24(36-23)22(27)28/h6-9,12-14,24H,2-5,10-11,15-16H2,1H3,(H,30,36);6-9,12-14,22H,2-5,10-11,15H2,1H3. The van der Waals surface area contributed by atoms with Gasteiger partial charge in [0, 0.05) is 83.7 Å². The fourth-order valence-electron chi connectivity index (χ4n) is 8.79. The highest BCUT2D eigenvalue weighted by atomic mass is 19.3. The van der Waals surface area contributed by atoms with E-state index in [4.69, 9.17) is 4.42 Å². The molecule has 384 valence electrons. The van der Waals surface area contributed by atoms with E-state index in [1.807, 2.05) is 58.9 Å². The lowest BCUT2D eigenvalue weighted by Gasteiger charge is -2.33. The van der Waals surface area contributed by atoms with Crippen LogP contribution in [0.3, 0.4) is 0 Å². The van der Waals surface area contributed by atoms with Crippen LogP contribution in [0.1, 0.15) is 86.2 Å². The maximum absolute atomic E-state index is 15.2. The Morgan fingerprint density at radius 2 is 1.15 bits per heavy atom. The molecule has 5 amide bonds. The fraction of sp³-hybridized carbons (Fsp3) is 0.373. The quantitative estimate of drug-likeness (QED) is 0.0824. The van der Waals surface area contributed by atoms with Gasteiger partial charge in [-0.15, -0.1) is 10.2 Å². The van der Waals surface area contributed by atoms with Gasteiger partial charge in [-0.25, -0.2) is 18.4 Å². The second kappa shape index (κ2) is 23.2. The number of piperidine rings is 2. The monoisotopic (exact) mass is 1010 g/mol. The summed E-state index contributed by atoms with van der Waals surface area (Å²) in [5.41, 5.74) is 3.51. The Kier molecular flexibility index (Phi) is 16.4. The van der Waals surface area contributed by atoms with Gasteiger partial charge >= 0.3 is 24.9 Å². The molecule has 2 saturated heterocycles. The third-order valence-corrected chi connectivity index (χ3v) is 12.8. The Hall–Kier alpha value is -7.78. The van der Waals surface area contributed by atoms with Crippen molar-refractivity contribution in [3.05, 3.63) is 119 Å². The Morgan fingerprint density at radius 3 is 1.60 bits per heavy atom. The molecule has 0 bridgehead atoms. The first-order valence-corrected chi connectivity index (χ1v) is 24.0. The molecule has 0 spiro atoms. The van der Waals surface area contributed by atoms with Gasteiger partial charge < -0.3 is 19.5 Å². The number of nitrogens with zero attached hydrogens (tertiary/aromatic N) is 10. The average Bonchev–Trinajstić information content (AvgIpc) is 4.19. The van der Waals surface area contributed by atoms with E-state index in [0.29, 0.717) is 50.6 Å². The van der Waals surface area contributed by atoms with E-state index in [1.54, 1.807) is 33.2 Å². The molecule has 0 unspecified atom stereocenters. The van der Waals surface area contributed by atoms with Gasteiger partial charge in [-0.2, -0.15) is 27.8 Å². The number of aromatic nitrogens is 6. The zero-order chi connectivity index (χ0) is 51.8. The number of halogens is 6. The lowest BCUT2D eigenvalue weighted by molar-refractivity contribution is -0.131. The summed E-state index contributed by atoms with van der Waals surface area (Å²) in [4.78, 5) is 57.1. The Labute approximate surface area is 415 Å². The van der Waals surface area contributed by atoms with Crippen molar-refractivity contribution in [1.82, 2.24) is 44.9 Å². The molecule has 5 heterocycles. The summed E-state index contributed by atoms with van der Waals surface area (Å²) in [5, 5.41) is 19.3. The molecule has 2 aliphatic rings. The lowest BCUT2D eigenvalue weighted by Crippen LogP contribution is -2.45. The van der Waals surface area contributed by atoms with Gasteiger partial charge in [-0.1, -0.05) is 18.2 Å². The third-order valence-electron chi connectivity index (χ3n) is 12.8. The van der Waals surface area contributed by atoms with Gasteiger partial charge in [0.25, 0.3) is 11.8 Å². The van der Waals surface area contributed by atoms with Crippen LogP contribution in [-0.4, -0.2) is 102 Å². The number of alkyl halides is 4. The second-order valence-electron chi connectivity index (χ2n) is 17.5. The normalized spacial score (nSPS) is 13.9. The number of Topliss-reactive ketones (excluding diaryl/α,β-unsaturated/α-hetero) is 1. The zero-order valence-corrected chi connectivity index (χ0v) is 40.1. The molecule has 7 aromatic rings. The maximum Gasteiger partial charge on any atom is 0.324 e. The van der Waals surface area contributed by atoms with E-state index in [9.17, 15) is 36.7 Å². The van der Waals surface area contributed by atoms with Crippen molar-refractivity contribution >= 4 is 56.9 Å². The molecule has 1 N–H and O–H groups in total. The van der Waals surface area contributed by atoms with E-state index in [-0.39, 0.29) is 53.3 Å². The largest absolute Gasteiger partial charge is 0.415 e. The molecule has 22 heteroatoms. The number of aryl methyl sites for hydroxylation is 2. The Morgan fingerprint density at radius 1 is 0.644 bits per heavy atom. The molecule has 0 atom stereocenters. The third kappa shape index (κ3) is 12.0. The molecule has 3 aromatic heterocycles. The van der Waals surface area contributed by atoms with Crippen LogP contribution in [0.5, 0.6) is 0 Å².